The molecule has 7 nitrogen and oxygen atoms in total. The average molecular weight is 566 g/mol. The number of fused-ring (bicyclic) bond motifs is 1. The molecule has 0 bridgehead atoms. The number of anilines is 2. The zero-order valence-corrected chi connectivity index (χ0v) is 22.2. The molecule has 4 aromatic rings. The Labute approximate surface area is 232 Å². The summed E-state index contributed by atoms with van der Waals surface area (Å²) in [5.74, 6) is -0.264. The second kappa shape index (κ2) is 11.6. The number of nitriles is 1. The van der Waals surface area contributed by atoms with Crippen molar-refractivity contribution in [2.45, 2.75) is 19.5 Å². The second-order valence-corrected chi connectivity index (χ2v) is 9.09. The fraction of sp³-hybridized carbons (Fsp3) is 0.172. The van der Waals surface area contributed by atoms with E-state index < -0.39 is 23.6 Å². The van der Waals surface area contributed by atoms with Crippen molar-refractivity contribution in [1.82, 2.24) is 9.55 Å². The van der Waals surface area contributed by atoms with Gasteiger partial charge in [0.05, 0.1) is 27.8 Å². The number of benzene rings is 3. The van der Waals surface area contributed by atoms with Crippen LogP contribution in [0.2, 0.25) is 0 Å². The van der Waals surface area contributed by atoms with Gasteiger partial charge in [0.15, 0.2) is 0 Å². The van der Waals surface area contributed by atoms with E-state index in [-0.39, 0.29) is 39.5 Å². The van der Waals surface area contributed by atoms with Crippen LogP contribution in [0.15, 0.2) is 66.7 Å². The van der Waals surface area contributed by atoms with Gasteiger partial charge in [0.1, 0.15) is 11.9 Å². The summed E-state index contributed by atoms with van der Waals surface area (Å²) in [5, 5.41) is 14.7. The quantitative estimate of drug-likeness (QED) is 0.193. The molecule has 0 fully saturated rings. The minimum Gasteiger partial charge on any atom is -0.331 e. The number of halogens is 4. The third-order valence-corrected chi connectivity index (χ3v) is 6.36. The van der Waals surface area contributed by atoms with Crippen LogP contribution in [0, 0.1) is 11.3 Å². The molecule has 2 N–H and O–H groups in total. The van der Waals surface area contributed by atoms with Crippen LogP contribution in [0.5, 0.6) is 0 Å². The van der Waals surface area contributed by atoms with Crippen molar-refractivity contribution < 1.29 is 22.8 Å². The van der Waals surface area contributed by atoms with Crippen molar-refractivity contribution in [3.05, 3.63) is 89.3 Å². The second-order valence-electron chi connectivity index (χ2n) is 8.78. The van der Waals surface area contributed by atoms with Crippen LogP contribution >= 0.6 is 11.6 Å². The molecule has 0 saturated carbocycles. The van der Waals surface area contributed by atoms with Crippen molar-refractivity contribution in [3.8, 4) is 17.2 Å². The molecule has 0 spiro atoms. The predicted octanol–water partition coefficient (Wildman–Crippen LogP) is 6.68. The molecule has 2 amide bonds. The summed E-state index contributed by atoms with van der Waals surface area (Å²) in [5.41, 5.74) is 0.823. The molecule has 40 heavy (non-hydrogen) atoms. The highest BCUT2D eigenvalue weighted by Crippen LogP contribution is 2.40. The molecular weight excluding hydrogens is 543 g/mol. The van der Waals surface area contributed by atoms with Crippen LogP contribution < -0.4 is 10.6 Å². The highest BCUT2D eigenvalue weighted by molar-refractivity contribution is 6.19. The summed E-state index contributed by atoms with van der Waals surface area (Å²) in [7, 11) is 1.68. The number of carbonyl (C=O) groups excluding carboxylic acids is 2. The van der Waals surface area contributed by atoms with Gasteiger partial charge in [-0.1, -0.05) is 25.1 Å². The first-order valence-corrected chi connectivity index (χ1v) is 12.6. The van der Waals surface area contributed by atoms with Gasteiger partial charge in [-0.05, 0) is 53.6 Å². The van der Waals surface area contributed by atoms with Gasteiger partial charge < -0.3 is 15.2 Å². The Morgan fingerprint density at radius 1 is 1.12 bits per heavy atom. The van der Waals surface area contributed by atoms with Gasteiger partial charge in [0, 0.05) is 36.7 Å². The molecular formula is C29H23ClF3N5O2. The van der Waals surface area contributed by atoms with Gasteiger partial charge in [-0.25, -0.2) is 4.98 Å². The third-order valence-electron chi connectivity index (χ3n) is 6.18. The lowest BCUT2D eigenvalue weighted by Crippen LogP contribution is -2.14. The molecule has 4 rings (SSSR count). The lowest BCUT2D eigenvalue weighted by molar-refractivity contribution is -0.137. The fourth-order valence-electron chi connectivity index (χ4n) is 4.26. The number of hydrogen-bond donors (Lipinski definition) is 2. The molecule has 1 heterocycles. The molecule has 0 atom stereocenters. The zero-order chi connectivity index (χ0) is 29.0. The first-order valence-electron chi connectivity index (χ1n) is 12.1. The number of amides is 2. The van der Waals surface area contributed by atoms with Crippen LogP contribution in [-0.2, 0) is 24.4 Å². The number of rotatable bonds is 7. The summed E-state index contributed by atoms with van der Waals surface area (Å²) < 4.78 is 43.9. The molecule has 0 unspecified atom stereocenters. The maximum atomic E-state index is 14.1. The van der Waals surface area contributed by atoms with Gasteiger partial charge in [-0.15, -0.1) is 11.6 Å². The zero-order valence-electron chi connectivity index (χ0n) is 21.4. The van der Waals surface area contributed by atoms with E-state index in [1.165, 1.54) is 48.6 Å². The van der Waals surface area contributed by atoms with E-state index in [1.54, 1.807) is 23.7 Å². The molecule has 11 heteroatoms. The molecule has 0 radical (unpaired) electrons. The van der Waals surface area contributed by atoms with Crippen LogP contribution in [0.4, 0.5) is 24.5 Å². The van der Waals surface area contributed by atoms with Gasteiger partial charge in [0.25, 0.3) is 5.91 Å². The number of carbonyl (C=O) groups is 2. The maximum absolute atomic E-state index is 14.1. The molecule has 0 aliphatic rings. The Morgan fingerprint density at radius 3 is 2.58 bits per heavy atom. The smallest absolute Gasteiger partial charge is 0.331 e. The Bertz CT molecular complexity index is 1690. The molecule has 204 valence electrons. The van der Waals surface area contributed by atoms with Crippen molar-refractivity contribution in [1.29, 1.82) is 5.26 Å². The number of aryl methyl sites for hydroxylation is 2. The summed E-state index contributed by atoms with van der Waals surface area (Å²) >= 11 is 5.52. The molecule has 1 aromatic heterocycles. The van der Waals surface area contributed by atoms with Gasteiger partial charge in [0.2, 0.25) is 5.91 Å². The first-order chi connectivity index (χ1) is 19.0. The molecule has 0 aliphatic heterocycles. The van der Waals surface area contributed by atoms with Gasteiger partial charge >= 0.3 is 6.18 Å². The maximum Gasteiger partial charge on any atom is 0.417 e. The monoisotopic (exact) mass is 565 g/mol. The Kier molecular flexibility index (Phi) is 8.26. The van der Waals surface area contributed by atoms with E-state index >= 15 is 0 Å². The van der Waals surface area contributed by atoms with E-state index in [2.05, 4.69) is 15.6 Å². The minimum absolute atomic E-state index is 0.0546. The lowest BCUT2D eigenvalue weighted by Gasteiger charge is -2.15. The van der Waals surface area contributed by atoms with E-state index in [9.17, 15) is 28.0 Å². The summed E-state index contributed by atoms with van der Waals surface area (Å²) in [6, 6.07) is 14.6. The number of allylic oxidation sites excluding steroid dienone is 1. The summed E-state index contributed by atoms with van der Waals surface area (Å²) in [4.78, 5) is 29.3. The predicted molar refractivity (Wildman–Crippen MR) is 148 cm³/mol. The Balaban J connectivity index is 1.65. The van der Waals surface area contributed by atoms with Crippen molar-refractivity contribution in [2.75, 3.05) is 16.5 Å². The highest BCUT2D eigenvalue weighted by Gasteiger charge is 2.35. The number of aromatic nitrogens is 2. The number of hydrogen-bond acceptors (Lipinski definition) is 4. The third kappa shape index (κ3) is 6.00. The summed E-state index contributed by atoms with van der Waals surface area (Å²) in [6.07, 6.45) is -1.40. The van der Waals surface area contributed by atoms with E-state index in [1.807, 2.05) is 13.0 Å². The van der Waals surface area contributed by atoms with Crippen LogP contribution in [0.25, 0.3) is 22.2 Å². The minimum atomic E-state index is -4.62. The number of imidazole rings is 1. The first kappa shape index (κ1) is 28.4. The number of alkyl halides is 4. The normalized spacial score (nSPS) is 11.5. The lowest BCUT2D eigenvalue weighted by atomic mass is 9.97. The fourth-order valence-corrected chi connectivity index (χ4v) is 4.35. The van der Waals surface area contributed by atoms with Crippen molar-refractivity contribution >= 4 is 45.8 Å². The topological polar surface area (TPSA) is 99.8 Å². The number of nitrogens with zero attached hydrogens (tertiary/aromatic N) is 3. The summed E-state index contributed by atoms with van der Waals surface area (Å²) in [6.45, 7) is 1.88. The van der Waals surface area contributed by atoms with Crippen LogP contribution in [-0.4, -0.2) is 27.2 Å². The SMILES string of the molecule is CCc1nc2cc(-c3cccc(NC(=O)c4ccc(NC(=O)/C=C/CCl)c(C#N)c4)c3)c(C(F)(F)F)cc2n1C. The van der Waals surface area contributed by atoms with E-state index in [0.29, 0.717) is 23.3 Å². The van der Waals surface area contributed by atoms with Crippen molar-refractivity contribution in [2.24, 2.45) is 7.05 Å². The van der Waals surface area contributed by atoms with Gasteiger partial charge in [-0.3, -0.25) is 9.59 Å². The Morgan fingerprint density at radius 2 is 1.90 bits per heavy atom. The molecule has 0 aliphatic carbocycles. The largest absolute Gasteiger partial charge is 0.417 e. The molecule has 3 aromatic carbocycles. The van der Waals surface area contributed by atoms with E-state index in [0.717, 1.165) is 6.07 Å². The average Bonchev–Trinajstić information content (AvgIpc) is 3.25. The van der Waals surface area contributed by atoms with Crippen molar-refractivity contribution in [3.63, 3.8) is 0 Å². The highest BCUT2D eigenvalue weighted by atomic mass is 35.5. The Hall–Kier alpha value is -4.62. The van der Waals surface area contributed by atoms with Crippen LogP contribution in [0.1, 0.15) is 34.2 Å². The van der Waals surface area contributed by atoms with Crippen LogP contribution in [0.3, 0.4) is 0 Å². The van der Waals surface area contributed by atoms with E-state index in [4.69, 9.17) is 11.6 Å². The standard InChI is InChI=1S/C29H23ClF3N5O2/c1-3-26-36-24-14-21(22(29(31,32)33)15-25(24)38(26)2)17-6-4-7-20(13-17)35-28(40)18-9-10-23(19(12-18)16-34)37-27(39)8-5-11-30/h4-10,12-15H,3,11H2,1-2H3,(H,35,40)(H,37,39)/b8-5+. The molecule has 0 saturated heterocycles. The van der Waals surface area contributed by atoms with Gasteiger partial charge in [-0.2, -0.15) is 18.4 Å². The number of nitrogens with one attached hydrogen (secondary N) is 2.